The van der Waals surface area contributed by atoms with Crippen molar-refractivity contribution in [2.45, 2.75) is 142 Å². The number of piperazine rings is 3. The summed E-state index contributed by atoms with van der Waals surface area (Å²) in [6.45, 7) is 20.6. The molecular weight excluding hydrogens is 1570 g/mol. The van der Waals surface area contributed by atoms with Crippen molar-refractivity contribution in [3.05, 3.63) is 126 Å². The molecule has 9 N–H and O–H groups in total. The Hall–Kier alpha value is -11.9. The van der Waals surface area contributed by atoms with E-state index in [0.29, 0.717) is 135 Å². The molecule has 118 heavy (non-hydrogen) atoms. The van der Waals surface area contributed by atoms with E-state index in [1.165, 1.54) is 63.2 Å². The highest BCUT2D eigenvalue weighted by Crippen LogP contribution is 2.37. The van der Waals surface area contributed by atoms with Crippen LogP contribution in [0.3, 0.4) is 0 Å². The number of carbonyl (C=O) groups is 8. The van der Waals surface area contributed by atoms with Crippen molar-refractivity contribution in [3.8, 4) is 0 Å². The smallest absolute Gasteiger partial charge is 0.347 e. The maximum absolute atomic E-state index is 13.1. The molecule has 15 rings (SSSR count). The van der Waals surface area contributed by atoms with Crippen molar-refractivity contribution in [2.75, 3.05) is 132 Å². The van der Waals surface area contributed by atoms with E-state index in [1.807, 2.05) is 140 Å². The molecule has 35 nitrogen and oxygen atoms in total. The number of esters is 2. The monoisotopic (exact) mass is 1660 g/mol. The molecule has 3 unspecified atom stereocenters. The summed E-state index contributed by atoms with van der Waals surface area (Å²) in [5.74, 6) is 5.10. The summed E-state index contributed by atoms with van der Waals surface area (Å²) in [6, 6.07) is 34.3. The predicted octanol–water partition coefficient (Wildman–Crippen LogP) is 10.1. The van der Waals surface area contributed by atoms with Gasteiger partial charge in [-0.2, -0.15) is 15.3 Å². The van der Waals surface area contributed by atoms with Crippen LogP contribution in [0.1, 0.15) is 90.2 Å². The minimum atomic E-state index is -1.19. The van der Waals surface area contributed by atoms with Crippen LogP contribution in [0.15, 0.2) is 139 Å². The minimum Gasteiger partial charge on any atom is -0.450 e. The number of H-pyrrole nitrogens is 3. The van der Waals surface area contributed by atoms with E-state index < -0.39 is 30.3 Å². The van der Waals surface area contributed by atoms with Crippen molar-refractivity contribution in [1.82, 2.24) is 75.2 Å². The lowest BCUT2D eigenvalue weighted by atomic mass is 10.2. The summed E-state index contributed by atoms with van der Waals surface area (Å²) in [6.07, 6.45) is 2.71. The molecule has 0 spiro atoms. The van der Waals surface area contributed by atoms with Gasteiger partial charge < -0.3 is 75.5 Å². The fraction of sp³-hybridized carbons (Fsp3) is 0.412. The summed E-state index contributed by atoms with van der Waals surface area (Å²) in [4.78, 5) is 140. The van der Waals surface area contributed by atoms with Gasteiger partial charge >= 0.3 is 11.9 Å². The van der Waals surface area contributed by atoms with Gasteiger partial charge in [0, 0.05) is 202 Å². The van der Waals surface area contributed by atoms with E-state index in [9.17, 15) is 38.4 Å². The van der Waals surface area contributed by atoms with Crippen LogP contribution in [0.2, 0.25) is 0 Å². The molecule has 3 aliphatic carbocycles. The average Bonchev–Trinajstić information content (AvgIpc) is 1.52. The maximum Gasteiger partial charge on any atom is 0.347 e. The number of nitrogens with one attached hydrogen (secondary N) is 9. The Kier molecular flexibility index (Phi) is 27.7. The first kappa shape index (κ1) is 84.0. The largest absolute Gasteiger partial charge is 0.450 e. The van der Waals surface area contributed by atoms with Crippen LogP contribution in [-0.4, -0.2) is 227 Å². The number of benzene rings is 3. The molecule has 6 aromatic heterocycles. The quantitative estimate of drug-likeness (QED) is 0.0171. The van der Waals surface area contributed by atoms with Gasteiger partial charge in [-0.1, -0.05) is 0 Å². The van der Waals surface area contributed by atoms with Gasteiger partial charge in [-0.25, -0.2) is 39.5 Å². The number of aromatic amines is 3. The van der Waals surface area contributed by atoms with Gasteiger partial charge in [0.15, 0.2) is 51.2 Å². The highest BCUT2D eigenvalue weighted by atomic mass is 32.2. The van der Waals surface area contributed by atoms with Crippen molar-refractivity contribution in [1.29, 1.82) is 0 Å². The van der Waals surface area contributed by atoms with E-state index in [0.717, 1.165) is 99.0 Å². The van der Waals surface area contributed by atoms with Crippen LogP contribution in [0.4, 0.5) is 69.4 Å². The molecule has 0 radical (unpaired) electrons. The Morgan fingerprint density at radius 3 is 0.941 bits per heavy atom. The number of methoxy groups -OCH3 is 1. The summed E-state index contributed by atoms with van der Waals surface area (Å²) < 4.78 is 15.3. The van der Waals surface area contributed by atoms with E-state index >= 15 is 0 Å². The molecule has 0 bridgehead atoms. The molecule has 3 saturated heterocycles. The average molecular weight is 1670 g/mol. The van der Waals surface area contributed by atoms with Crippen molar-refractivity contribution >= 4 is 152 Å². The van der Waals surface area contributed by atoms with Crippen molar-refractivity contribution < 1.29 is 52.6 Å². The van der Waals surface area contributed by atoms with E-state index in [1.54, 1.807) is 18.7 Å². The highest BCUT2D eigenvalue weighted by molar-refractivity contribution is 7.99. The number of rotatable bonds is 27. The number of ether oxygens (including phenoxy) is 3. The molecule has 3 aliphatic heterocycles. The van der Waals surface area contributed by atoms with Crippen molar-refractivity contribution in [2.24, 2.45) is 17.8 Å². The second-order valence-electron chi connectivity index (χ2n) is 29.4. The normalized spacial score (nSPS) is 16.0. The SMILES string of the molecule is CC(=O)N1CCN(c2cc(Nc3cc(C)[nH]n3)nc(Sc3ccc(NC(=O)C4CC4)cc3)n2)CC1.CC(=O)N1CCN(c2cc(Nc3cc(C)[nH]n3)nc(Sc3ccc(NC(=O)C4CC4)cc3)n2)CC1.COC(C)C(=O)OC(C)C(=O)OC(C)C(=O)N1CCN(c2cc(Nc3cc(C)[nH]n3)nc(Sc3ccc(NC(=O)C4CC4)cc3)n2)CC1. The van der Waals surface area contributed by atoms with Gasteiger partial charge in [-0.05, 0) is 188 Å². The van der Waals surface area contributed by atoms with E-state index in [-0.39, 0.29) is 53.2 Å². The molecule has 6 amide bonds. The molecular formula is C80H96N24O11S3. The standard InChI is InChI=1S/C32H40N8O7S.2C24H28N8O2S/c1-18-16-26(38-37-18)34-25-17-27(36-32(35-25)48-24-10-8-23(9-11-24)33-28(41)22-6-7-22)39-12-14-40(15-13-39)29(42)19(2)46-31(44)21(4)47-30(43)20(3)45-5;2*1-15-13-21(30-29-15)26-20-14-22(32-11-9-31(10-12-32)16(2)33)28-24(27-20)35-19-7-5-18(6-8-19)25-23(34)17-3-4-17/h8-11,16-17,19-22H,6-7,12-15H2,1-5H3,(H,33,41)(H2,34,35,36,37,38);2*5-8,13-14,17H,3-4,9-12H2,1-2H3,(H,25,34)(H2,26,27,28,29,30). The number of anilines is 12. The number of aryl methyl sites for hydroxylation is 3. The van der Waals surface area contributed by atoms with Gasteiger partial charge in [0.2, 0.25) is 29.5 Å². The first-order valence-electron chi connectivity index (χ1n) is 39.1. The van der Waals surface area contributed by atoms with Crippen LogP contribution < -0.4 is 46.6 Å². The van der Waals surface area contributed by atoms with Gasteiger partial charge in [0.25, 0.3) is 5.91 Å². The molecule has 38 heteroatoms. The summed E-state index contributed by atoms with van der Waals surface area (Å²) in [7, 11) is 1.36. The Balaban J connectivity index is 0.000000156. The molecule has 6 aliphatic rings. The first-order chi connectivity index (χ1) is 56.8. The summed E-state index contributed by atoms with van der Waals surface area (Å²) in [5.41, 5.74) is 5.12. The Morgan fingerprint density at radius 1 is 0.381 bits per heavy atom. The molecule has 6 fully saturated rings. The topological polar surface area (TPSA) is 419 Å². The van der Waals surface area contributed by atoms with Gasteiger partial charge in [0.1, 0.15) is 34.9 Å². The Labute approximate surface area is 694 Å². The lowest BCUT2D eigenvalue weighted by Gasteiger charge is -2.36. The van der Waals surface area contributed by atoms with Crippen molar-refractivity contribution in [3.63, 3.8) is 0 Å². The zero-order valence-electron chi connectivity index (χ0n) is 67.0. The second kappa shape index (κ2) is 38.9. The zero-order valence-corrected chi connectivity index (χ0v) is 69.5. The Morgan fingerprint density at radius 2 is 0.669 bits per heavy atom. The minimum absolute atomic E-state index is 0.0540. The number of nitrogens with zero attached hydrogens (tertiary/aromatic N) is 15. The molecule has 620 valence electrons. The van der Waals surface area contributed by atoms with E-state index in [4.69, 9.17) is 44.1 Å². The van der Waals surface area contributed by atoms with Crippen LogP contribution in [0.5, 0.6) is 0 Å². The fourth-order valence-corrected chi connectivity index (χ4v) is 14.7. The zero-order chi connectivity index (χ0) is 83.1. The number of hydrogen-bond acceptors (Lipinski definition) is 29. The first-order valence-corrected chi connectivity index (χ1v) is 41.6. The summed E-state index contributed by atoms with van der Waals surface area (Å²) in [5, 5.41) is 41.9. The number of hydrogen-bond donors (Lipinski definition) is 9. The Bertz CT molecular complexity index is 4850. The van der Waals surface area contributed by atoms with Gasteiger partial charge in [-0.3, -0.25) is 44.1 Å². The predicted molar refractivity (Wildman–Crippen MR) is 447 cm³/mol. The highest BCUT2D eigenvalue weighted by Gasteiger charge is 2.34. The van der Waals surface area contributed by atoms with Crippen LogP contribution in [0, 0.1) is 38.5 Å². The third kappa shape index (κ3) is 24.1. The van der Waals surface area contributed by atoms with Crippen LogP contribution in [0.25, 0.3) is 0 Å². The number of amides is 6. The van der Waals surface area contributed by atoms with Gasteiger partial charge in [0.05, 0.1) is 0 Å². The molecule has 3 saturated carbocycles. The number of aromatic nitrogens is 12. The third-order valence-electron chi connectivity index (χ3n) is 19.8. The molecule has 3 aromatic carbocycles. The summed E-state index contributed by atoms with van der Waals surface area (Å²) >= 11 is 4.29. The van der Waals surface area contributed by atoms with Gasteiger partial charge in [-0.15, -0.1) is 0 Å². The molecule has 3 atom stereocenters. The van der Waals surface area contributed by atoms with Crippen LogP contribution >= 0.6 is 35.3 Å². The second-order valence-corrected chi connectivity index (χ2v) is 32.5. The van der Waals surface area contributed by atoms with E-state index in [2.05, 4.69) is 77.2 Å². The maximum atomic E-state index is 13.1. The fourth-order valence-electron chi connectivity index (χ4n) is 12.4. The lowest BCUT2D eigenvalue weighted by Crippen LogP contribution is -2.52. The molecule has 9 heterocycles. The van der Waals surface area contributed by atoms with Crippen LogP contribution in [-0.2, 0) is 52.6 Å². The molecule has 9 aromatic rings. The third-order valence-corrected chi connectivity index (χ3v) is 22.4. The lowest BCUT2D eigenvalue weighted by molar-refractivity contribution is -0.177. The number of carbonyl (C=O) groups excluding carboxylic acids is 8.